The van der Waals surface area contributed by atoms with Crippen LogP contribution in [-0.4, -0.2) is 41.6 Å². The highest BCUT2D eigenvalue weighted by Crippen LogP contribution is 2.42. The quantitative estimate of drug-likeness (QED) is 0.748. The number of hydrogen-bond acceptors (Lipinski definition) is 5. The van der Waals surface area contributed by atoms with E-state index in [4.69, 9.17) is 0 Å². The Labute approximate surface area is 146 Å². The van der Waals surface area contributed by atoms with Gasteiger partial charge in [-0.1, -0.05) is 0 Å². The van der Waals surface area contributed by atoms with Gasteiger partial charge < -0.3 is 15.0 Å². The highest BCUT2D eigenvalue weighted by molar-refractivity contribution is 5.76. The van der Waals surface area contributed by atoms with Gasteiger partial charge in [-0.15, -0.1) is 10.2 Å². The van der Waals surface area contributed by atoms with Gasteiger partial charge in [0, 0.05) is 43.4 Å². The van der Waals surface area contributed by atoms with Crippen molar-refractivity contribution < 1.29 is 9.90 Å². The number of rotatable bonds is 8. The maximum atomic E-state index is 12.0. The zero-order valence-electron chi connectivity index (χ0n) is 14.2. The number of aliphatic hydroxyl groups is 1. The third kappa shape index (κ3) is 3.58. The summed E-state index contributed by atoms with van der Waals surface area (Å²) >= 11 is 0. The lowest BCUT2D eigenvalue weighted by Gasteiger charge is -2.35. The molecule has 0 unspecified atom stereocenters. The summed E-state index contributed by atoms with van der Waals surface area (Å²) in [7, 11) is 0. The van der Waals surface area contributed by atoms with Crippen LogP contribution in [0.4, 0.5) is 0 Å². The molecule has 0 atom stereocenters. The van der Waals surface area contributed by atoms with E-state index < -0.39 is 0 Å². The van der Waals surface area contributed by atoms with Crippen molar-refractivity contribution in [3.8, 4) is 0 Å². The van der Waals surface area contributed by atoms with E-state index in [0.29, 0.717) is 24.2 Å². The first-order chi connectivity index (χ1) is 12.2. The van der Waals surface area contributed by atoms with E-state index in [9.17, 15) is 9.90 Å². The lowest BCUT2D eigenvalue weighted by atomic mass is 9.79. The maximum absolute atomic E-state index is 12.0. The molecule has 8 heteroatoms. The smallest absolute Gasteiger partial charge is 0.220 e. The highest BCUT2D eigenvalue weighted by Gasteiger charge is 2.38. The Morgan fingerprint density at radius 1 is 1.32 bits per heavy atom. The van der Waals surface area contributed by atoms with Gasteiger partial charge in [-0.05, 0) is 38.2 Å². The molecule has 1 amide bonds. The van der Waals surface area contributed by atoms with Crippen molar-refractivity contribution in [3.63, 3.8) is 0 Å². The van der Waals surface area contributed by atoms with Crippen molar-refractivity contribution in [1.82, 2.24) is 29.9 Å². The number of carbonyl (C=O) groups is 1. The molecule has 2 fully saturated rings. The van der Waals surface area contributed by atoms with Crippen LogP contribution in [0.1, 0.15) is 62.1 Å². The third-order valence-corrected chi connectivity index (χ3v) is 5.06. The van der Waals surface area contributed by atoms with E-state index in [1.807, 2.05) is 16.9 Å². The average molecular weight is 344 g/mol. The SMILES string of the molecule is O=C(CCCn1cccn1)NC1CC(c2nnc(CO)n2C2CC2)C1. The molecule has 4 rings (SSSR count). The molecule has 0 aromatic carbocycles. The third-order valence-electron chi connectivity index (χ3n) is 5.06. The van der Waals surface area contributed by atoms with Gasteiger partial charge in [-0.25, -0.2) is 0 Å². The average Bonchev–Trinajstić information content (AvgIpc) is 3.11. The number of nitrogens with one attached hydrogen (secondary N) is 1. The van der Waals surface area contributed by atoms with Gasteiger partial charge in [0.2, 0.25) is 5.91 Å². The van der Waals surface area contributed by atoms with Gasteiger partial charge in [0.15, 0.2) is 5.82 Å². The van der Waals surface area contributed by atoms with Gasteiger partial charge in [0.1, 0.15) is 12.4 Å². The van der Waals surface area contributed by atoms with Crippen LogP contribution in [0.5, 0.6) is 0 Å². The minimum absolute atomic E-state index is 0.0629. The Bertz CT molecular complexity index is 716. The Morgan fingerprint density at radius 3 is 2.84 bits per heavy atom. The number of amides is 1. The van der Waals surface area contributed by atoms with E-state index in [-0.39, 0.29) is 18.6 Å². The first-order valence-electron chi connectivity index (χ1n) is 9.06. The van der Waals surface area contributed by atoms with Crippen molar-refractivity contribution in [1.29, 1.82) is 0 Å². The van der Waals surface area contributed by atoms with E-state index in [0.717, 1.165) is 44.5 Å². The molecule has 0 bridgehead atoms. The van der Waals surface area contributed by atoms with Gasteiger partial charge in [0.05, 0.1) is 0 Å². The first-order valence-corrected chi connectivity index (χ1v) is 9.06. The molecule has 2 N–H and O–H groups in total. The minimum Gasteiger partial charge on any atom is -0.388 e. The highest BCUT2D eigenvalue weighted by atomic mass is 16.3. The summed E-state index contributed by atoms with van der Waals surface area (Å²) in [6.45, 7) is 0.703. The summed E-state index contributed by atoms with van der Waals surface area (Å²) < 4.78 is 3.96. The van der Waals surface area contributed by atoms with Crippen LogP contribution in [0.3, 0.4) is 0 Å². The predicted molar refractivity (Wildman–Crippen MR) is 89.6 cm³/mol. The minimum atomic E-state index is -0.0629. The Hall–Kier alpha value is -2.22. The van der Waals surface area contributed by atoms with Crippen molar-refractivity contribution in [2.45, 2.75) is 69.7 Å². The second-order valence-corrected chi connectivity index (χ2v) is 7.04. The van der Waals surface area contributed by atoms with E-state index >= 15 is 0 Å². The zero-order valence-corrected chi connectivity index (χ0v) is 14.2. The van der Waals surface area contributed by atoms with E-state index in [2.05, 4.69) is 25.2 Å². The maximum Gasteiger partial charge on any atom is 0.220 e. The molecule has 0 saturated heterocycles. The lowest BCUT2D eigenvalue weighted by molar-refractivity contribution is -0.122. The molecular formula is C17H24N6O2. The van der Waals surface area contributed by atoms with Crippen LogP contribution in [0, 0.1) is 0 Å². The molecule has 0 aliphatic heterocycles. The van der Waals surface area contributed by atoms with Gasteiger partial charge in [-0.3, -0.25) is 9.48 Å². The monoisotopic (exact) mass is 344 g/mol. The fourth-order valence-corrected chi connectivity index (χ4v) is 3.53. The van der Waals surface area contributed by atoms with Crippen LogP contribution >= 0.6 is 0 Å². The molecule has 134 valence electrons. The number of aliphatic hydroxyl groups excluding tert-OH is 1. The standard InChI is InChI=1S/C17H24N6O2/c24-11-15-20-21-17(23(15)14-4-5-14)12-9-13(10-12)19-16(25)3-1-7-22-8-2-6-18-22/h2,6,8,12-14,24H,1,3-5,7,9-11H2,(H,19,25). The van der Waals surface area contributed by atoms with Crippen molar-refractivity contribution in [2.24, 2.45) is 0 Å². The molecule has 0 spiro atoms. The van der Waals surface area contributed by atoms with Crippen LogP contribution < -0.4 is 5.32 Å². The number of nitrogens with zero attached hydrogens (tertiary/aromatic N) is 5. The van der Waals surface area contributed by atoms with E-state index in [1.165, 1.54) is 0 Å². The molecule has 2 aliphatic rings. The summed E-state index contributed by atoms with van der Waals surface area (Å²) in [4.78, 5) is 12.0. The molecule has 2 heterocycles. The summed E-state index contributed by atoms with van der Waals surface area (Å²) in [5, 5.41) is 25.1. The van der Waals surface area contributed by atoms with Crippen molar-refractivity contribution in [2.75, 3.05) is 0 Å². The molecule has 2 aromatic rings. The van der Waals surface area contributed by atoms with Gasteiger partial charge in [-0.2, -0.15) is 5.10 Å². The summed E-state index contributed by atoms with van der Waals surface area (Å²) in [5.41, 5.74) is 0. The normalized spacial score (nSPS) is 22.6. The Morgan fingerprint density at radius 2 is 2.16 bits per heavy atom. The molecule has 2 aliphatic carbocycles. The van der Waals surface area contributed by atoms with Crippen LogP contribution in [0.2, 0.25) is 0 Å². The van der Waals surface area contributed by atoms with Crippen LogP contribution in [-0.2, 0) is 17.9 Å². The second-order valence-electron chi connectivity index (χ2n) is 7.04. The van der Waals surface area contributed by atoms with Gasteiger partial charge in [0.25, 0.3) is 0 Å². The molecule has 0 radical (unpaired) electrons. The molecular weight excluding hydrogens is 320 g/mol. The zero-order chi connectivity index (χ0) is 17.2. The van der Waals surface area contributed by atoms with Crippen LogP contribution in [0.25, 0.3) is 0 Å². The Kier molecular flexibility index (Phi) is 4.52. The number of hydrogen-bond donors (Lipinski definition) is 2. The topological polar surface area (TPSA) is 97.9 Å². The molecule has 2 saturated carbocycles. The fourth-order valence-electron chi connectivity index (χ4n) is 3.53. The largest absolute Gasteiger partial charge is 0.388 e. The fraction of sp³-hybridized carbons (Fsp3) is 0.647. The first kappa shape index (κ1) is 16.3. The summed E-state index contributed by atoms with van der Waals surface area (Å²) in [6.07, 6.45) is 9.06. The van der Waals surface area contributed by atoms with E-state index in [1.54, 1.807) is 6.20 Å². The van der Waals surface area contributed by atoms with Crippen molar-refractivity contribution in [3.05, 3.63) is 30.1 Å². The molecule has 8 nitrogen and oxygen atoms in total. The number of carbonyl (C=O) groups excluding carboxylic acids is 1. The molecule has 25 heavy (non-hydrogen) atoms. The second kappa shape index (κ2) is 6.95. The van der Waals surface area contributed by atoms with Gasteiger partial charge >= 0.3 is 0 Å². The number of aromatic nitrogens is 5. The van der Waals surface area contributed by atoms with Crippen molar-refractivity contribution >= 4 is 5.91 Å². The summed E-state index contributed by atoms with van der Waals surface area (Å²) in [6, 6.07) is 2.57. The lowest BCUT2D eigenvalue weighted by Crippen LogP contribution is -2.44. The predicted octanol–water partition coefficient (Wildman–Crippen LogP) is 1.14. The van der Waals surface area contributed by atoms with Crippen LogP contribution in [0.15, 0.2) is 18.5 Å². The number of aryl methyl sites for hydroxylation is 1. The Balaban J connectivity index is 1.22. The molecule has 2 aromatic heterocycles. The summed E-state index contributed by atoms with van der Waals surface area (Å²) in [5.74, 6) is 2.09.